The molecular formula is C11H12N2O. The molecule has 1 aromatic rings. The number of aryl methyl sites for hydroxylation is 1. The molecule has 3 heteroatoms. The zero-order valence-corrected chi connectivity index (χ0v) is 8.00. The van der Waals surface area contributed by atoms with Crippen LogP contribution in [0.4, 0.5) is 0 Å². The van der Waals surface area contributed by atoms with Crippen LogP contribution in [-0.4, -0.2) is 5.91 Å². The van der Waals surface area contributed by atoms with Gasteiger partial charge in [0, 0.05) is 6.42 Å². The smallest absolute Gasteiger partial charge is 0.242 e. The third kappa shape index (κ3) is 1.76. The second-order valence-electron chi connectivity index (χ2n) is 3.36. The van der Waals surface area contributed by atoms with E-state index in [1.165, 1.54) is 5.56 Å². The maximum Gasteiger partial charge on any atom is 0.242 e. The Kier molecular flexibility index (Phi) is 2.23. The highest BCUT2D eigenvalue weighted by Crippen LogP contribution is 2.14. The van der Waals surface area contributed by atoms with Crippen molar-refractivity contribution in [2.24, 2.45) is 0 Å². The van der Waals surface area contributed by atoms with E-state index < -0.39 is 0 Å². The van der Waals surface area contributed by atoms with E-state index in [0.717, 1.165) is 11.3 Å². The summed E-state index contributed by atoms with van der Waals surface area (Å²) in [5.41, 5.74) is 8.74. The quantitative estimate of drug-likeness (QED) is 0.698. The van der Waals surface area contributed by atoms with Gasteiger partial charge >= 0.3 is 0 Å². The van der Waals surface area contributed by atoms with Crippen LogP contribution in [0, 0.1) is 6.92 Å². The molecule has 0 radical (unpaired) electrons. The van der Waals surface area contributed by atoms with E-state index in [9.17, 15) is 4.79 Å². The lowest BCUT2D eigenvalue weighted by Gasteiger charge is -2.16. The molecule has 0 bridgehead atoms. The number of rotatable bonds is 1. The fraction of sp³-hybridized carbons (Fsp3) is 0.182. The molecule has 0 saturated carbocycles. The third-order valence-electron chi connectivity index (χ3n) is 2.19. The fourth-order valence-electron chi connectivity index (χ4n) is 1.36. The molecule has 0 unspecified atom stereocenters. The van der Waals surface area contributed by atoms with Gasteiger partial charge in [-0.15, -0.1) is 0 Å². The van der Waals surface area contributed by atoms with Crippen molar-refractivity contribution >= 4 is 11.6 Å². The summed E-state index contributed by atoms with van der Waals surface area (Å²) in [4.78, 5) is 10.9. The third-order valence-corrected chi connectivity index (χ3v) is 2.19. The van der Waals surface area contributed by atoms with Crippen LogP contribution in [0.15, 0.2) is 30.3 Å². The lowest BCUT2D eigenvalue weighted by Crippen LogP contribution is -2.38. The Morgan fingerprint density at radius 1 is 1.14 bits per heavy atom. The molecular weight excluding hydrogens is 176 g/mol. The molecule has 0 atom stereocenters. The number of amides is 1. The van der Waals surface area contributed by atoms with Gasteiger partial charge in [-0.05, 0) is 18.6 Å². The van der Waals surface area contributed by atoms with Crippen molar-refractivity contribution in [3.63, 3.8) is 0 Å². The van der Waals surface area contributed by atoms with E-state index in [0.29, 0.717) is 6.42 Å². The van der Waals surface area contributed by atoms with E-state index in [1.54, 1.807) is 0 Å². The number of hydrogen-bond acceptors (Lipinski definition) is 2. The lowest BCUT2D eigenvalue weighted by molar-refractivity contribution is -0.121. The zero-order chi connectivity index (χ0) is 9.97. The Morgan fingerprint density at radius 2 is 1.86 bits per heavy atom. The number of benzene rings is 1. The predicted molar refractivity (Wildman–Crippen MR) is 55.1 cm³/mol. The Labute approximate surface area is 82.8 Å². The van der Waals surface area contributed by atoms with E-state index in [4.69, 9.17) is 0 Å². The Hall–Kier alpha value is -1.77. The minimum Gasteiger partial charge on any atom is -0.298 e. The molecule has 14 heavy (non-hydrogen) atoms. The van der Waals surface area contributed by atoms with Crippen LogP contribution < -0.4 is 10.9 Å². The zero-order valence-electron chi connectivity index (χ0n) is 8.00. The summed E-state index contributed by atoms with van der Waals surface area (Å²) in [6.07, 6.45) is 2.33. The van der Waals surface area contributed by atoms with Gasteiger partial charge in [0.15, 0.2) is 0 Å². The highest BCUT2D eigenvalue weighted by Gasteiger charge is 2.08. The van der Waals surface area contributed by atoms with Gasteiger partial charge in [-0.2, -0.15) is 0 Å². The van der Waals surface area contributed by atoms with Gasteiger partial charge in [-0.25, -0.2) is 0 Å². The first-order valence-electron chi connectivity index (χ1n) is 4.58. The van der Waals surface area contributed by atoms with Crippen LogP contribution >= 0.6 is 0 Å². The van der Waals surface area contributed by atoms with E-state index in [-0.39, 0.29) is 5.91 Å². The summed E-state index contributed by atoms with van der Waals surface area (Å²) < 4.78 is 0. The number of nitrogens with one attached hydrogen (secondary N) is 2. The number of hydrazine groups is 1. The van der Waals surface area contributed by atoms with E-state index in [1.807, 2.05) is 37.3 Å². The van der Waals surface area contributed by atoms with Gasteiger partial charge < -0.3 is 0 Å². The second-order valence-corrected chi connectivity index (χ2v) is 3.36. The molecule has 72 valence electrons. The summed E-state index contributed by atoms with van der Waals surface area (Å²) in [6.45, 7) is 2.05. The average Bonchev–Trinajstić information content (AvgIpc) is 2.21. The van der Waals surface area contributed by atoms with Crippen molar-refractivity contribution in [1.82, 2.24) is 10.9 Å². The molecule has 3 nitrogen and oxygen atoms in total. The standard InChI is InChI=1S/C11H12N2O/c1-8-2-4-9(5-3-8)10-6-7-11(14)13-12-10/h2-6,12H,7H2,1H3,(H,13,14). The minimum atomic E-state index is 0.000798. The normalized spacial score (nSPS) is 15.5. The van der Waals surface area contributed by atoms with Gasteiger partial charge in [0.2, 0.25) is 5.91 Å². The van der Waals surface area contributed by atoms with Gasteiger partial charge in [-0.3, -0.25) is 15.6 Å². The van der Waals surface area contributed by atoms with Gasteiger partial charge in [0.1, 0.15) is 0 Å². The van der Waals surface area contributed by atoms with Crippen molar-refractivity contribution in [3.8, 4) is 0 Å². The van der Waals surface area contributed by atoms with Crippen LogP contribution in [0.2, 0.25) is 0 Å². The number of hydrogen-bond donors (Lipinski definition) is 2. The van der Waals surface area contributed by atoms with Crippen LogP contribution in [-0.2, 0) is 4.79 Å². The Bertz CT molecular complexity index is 379. The van der Waals surface area contributed by atoms with Crippen molar-refractivity contribution in [1.29, 1.82) is 0 Å². The van der Waals surface area contributed by atoms with Crippen LogP contribution in [0.1, 0.15) is 17.5 Å². The molecule has 0 aromatic heterocycles. The van der Waals surface area contributed by atoms with Crippen molar-refractivity contribution in [3.05, 3.63) is 41.5 Å². The minimum absolute atomic E-state index is 0.000798. The van der Waals surface area contributed by atoms with Gasteiger partial charge in [0.25, 0.3) is 0 Å². The largest absolute Gasteiger partial charge is 0.298 e. The summed E-state index contributed by atoms with van der Waals surface area (Å²) in [5.74, 6) is 0.000798. The summed E-state index contributed by atoms with van der Waals surface area (Å²) in [6, 6.07) is 8.17. The Balaban J connectivity index is 2.23. The summed E-state index contributed by atoms with van der Waals surface area (Å²) in [7, 11) is 0. The fourth-order valence-corrected chi connectivity index (χ4v) is 1.36. The highest BCUT2D eigenvalue weighted by molar-refractivity contribution is 5.83. The first-order chi connectivity index (χ1) is 6.75. The van der Waals surface area contributed by atoms with Crippen LogP contribution in [0.25, 0.3) is 5.70 Å². The molecule has 1 aliphatic rings. The molecule has 1 amide bonds. The van der Waals surface area contributed by atoms with E-state index in [2.05, 4.69) is 10.9 Å². The average molecular weight is 188 g/mol. The molecule has 0 fully saturated rings. The number of carbonyl (C=O) groups excluding carboxylic acids is 1. The maximum absolute atomic E-state index is 10.9. The SMILES string of the molecule is Cc1ccc(C2=CCC(=O)NN2)cc1. The molecule has 0 saturated heterocycles. The Morgan fingerprint density at radius 3 is 2.43 bits per heavy atom. The molecule has 2 N–H and O–H groups in total. The monoisotopic (exact) mass is 188 g/mol. The van der Waals surface area contributed by atoms with Crippen LogP contribution in [0.5, 0.6) is 0 Å². The molecule has 0 aliphatic carbocycles. The number of carbonyl (C=O) groups is 1. The van der Waals surface area contributed by atoms with Crippen molar-refractivity contribution in [2.45, 2.75) is 13.3 Å². The van der Waals surface area contributed by atoms with Crippen molar-refractivity contribution < 1.29 is 4.79 Å². The first-order valence-corrected chi connectivity index (χ1v) is 4.58. The lowest BCUT2D eigenvalue weighted by atomic mass is 10.1. The van der Waals surface area contributed by atoms with Gasteiger partial charge in [-0.1, -0.05) is 29.8 Å². The summed E-state index contributed by atoms with van der Waals surface area (Å²) in [5, 5.41) is 0. The molecule has 0 spiro atoms. The second kappa shape index (κ2) is 3.54. The van der Waals surface area contributed by atoms with Crippen molar-refractivity contribution in [2.75, 3.05) is 0 Å². The molecule has 1 aromatic carbocycles. The first kappa shape index (κ1) is 8.81. The van der Waals surface area contributed by atoms with Crippen LogP contribution in [0.3, 0.4) is 0 Å². The predicted octanol–water partition coefficient (Wildman–Crippen LogP) is 1.36. The molecule has 2 rings (SSSR count). The van der Waals surface area contributed by atoms with Gasteiger partial charge in [0.05, 0.1) is 5.70 Å². The summed E-state index contributed by atoms with van der Waals surface area (Å²) >= 11 is 0. The van der Waals surface area contributed by atoms with E-state index >= 15 is 0 Å². The highest BCUT2D eigenvalue weighted by atomic mass is 16.2. The topological polar surface area (TPSA) is 41.1 Å². The molecule has 1 aliphatic heterocycles. The maximum atomic E-state index is 10.9. The molecule has 1 heterocycles.